The lowest BCUT2D eigenvalue weighted by Crippen LogP contribution is -2.33. The molecule has 0 saturated carbocycles. The van der Waals surface area contributed by atoms with Gasteiger partial charge in [0.1, 0.15) is 12.4 Å². The van der Waals surface area contributed by atoms with Crippen LogP contribution in [-0.2, 0) is 4.79 Å². The molecule has 0 amide bonds. The van der Waals surface area contributed by atoms with Crippen LogP contribution in [-0.4, -0.2) is 30.3 Å². The molecule has 0 fully saturated rings. The van der Waals surface area contributed by atoms with Crippen LogP contribution in [0.1, 0.15) is 13.3 Å². The van der Waals surface area contributed by atoms with Gasteiger partial charge in [-0.2, -0.15) is 0 Å². The fourth-order valence-electron chi connectivity index (χ4n) is 1.27. The Morgan fingerprint density at radius 2 is 2.17 bits per heavy atom. The third kappa shape index (κ3) is 5.58. The lowest BCUT2D eigenvalue weighted by atomic mass is 10.3. The molecule has 4 nitrogen and oxygen atoms in total. The maximum absolute atomic E-state index is 10.3. The van der Waals surface area contributed by atoms with Crippen molar-refractivity contribution in [2.45, 2.75) is 19.4 Å². The van der Waals surface area contributed by atoms with Crippen molar-refractivity contribution < 1.29 is 14.6 Å². The zero-order chi connectivity index (χ0) is 13.5. The zero-order valence-electron chi connectivity index (χ0n) is 9.95. The molecule has 1 aromatic carbocycles. The third-order valence-electron chi connectivity index (χ3n) is 2.22. The van der Waals surface area contributed by atoms with Gasteiger partial charge in [0, 0.05) is 18.7 Å². The van der Waals surface area contributed by atoms with Gasteiger partial charge in [-0.1, -0.05) is 23.2 Å². The molecule has 0 aromatic heterocycles. The number of nitrogens with one attached hydrogen (secondary N) is 1. The molecule has 1 atom stereocenters. The van der Waals surface area contributed by atoms with Crippen LogP contribution in [0.15, 0.2) is 18.2 Å². The summed E-state index contributed by atoms with van der Waals surface area (Å²) in [5.41, 5.74) is 0. The van der Waals surface area contributed by atoms with Crippen LogP contribution in [0.2, 0.25) is 10.0 Å². The number of rotatable bonds is 7. The number of carbonyl (C=O) groups is 1. The topological polar surface area (TPSA) is 58.6 Å². The summed E-state index contributed by atoms with van der Waals surface area (Å²) in [6.45, 7) is 2.76. The Bertz CT molecular complexity index is 412. The number of carboxylic acids is 1. The Hall–Kier alpha value is -0.970. The number of aliphatic carboxylic acids is 1. The second kappa shape index (κ2) is 7.46. The van der Waals surface area contributed by atoms with E-state index in [0.29, 0.717) is 28.9 Å². The van der Waals surface area contributed by atoms with Crippen molar-refractivity contribution >= 4 is 29.2 Å². The van der Waals surface area contributed by atoms with E-state index in [4.69, 9.17) is 33.0 Å². The van der Waals surface area contributed by atoms with Crippen molar-refractivity contribution in [1.29, 1.82) is 0 Å². The van der Waals surface area contributed by atoms with Crippen LogP contribution in [0.4, 0.5) is 0 Å². The molecule has 100 valence electrons. The summed E-state index contributed by atoms with van der Waals surface area (Å²) in [6.07, 6.45) is 0.0944. The molecule has 0 aliphatic carbocycles. The normalized spacial score (nSPS) is 12.2. The van der Waals surface area contributed by atoms with Gasteiger partial charge in [0.25, 0.3) is 0 Å². The fraction of sp³-hybridized carbons (Fsp3) is 0.417. The van der Waals surface area contributed by atoms with Gasteiger partial charge in [0.05, 0.1) is 16.5 Å². The minimum Gasteiger partial charge on any atom is -0.492 e. The van der Waals surface area contributed by atoms with Gasteiger partial charge in [-0.15, -0.1) is 0 Å². The summed E-state index contributed by atoms with van der Waals surface area (Å²) < 4.78 is 5.51. The molecule has 1 aromatic rings. The highest BCUT2D eigenvalue weighted by atomic mass is 35.5. The molecule has 0 aliphatic rings. The third-order valence-corrected chi connectivity index (χ3v) is 2.96. The maximum Gasteiger partial charge on any atom is 0.304 e. The van der Waals surface area contributed by atoms with Gasteiger partial charge >= 0.3 is 5.97 Å². The van der Waals surface area contributed by atoms with Crippen LogP contribution in [0.25, 0.3) is 0 Å². The highest BCUT2D eigenvalue weighted by Gasteiger charge is 2.05. The maximum atomic E-state index is 10.3. The van der Waals surface area contributed by atoms with Crippen LogP contribution < -0.4 is 10.1 Å². The second-order valence-electron chi connectivity index (χ2n) is 3.89. The highest BCUT2D eigenvalue weighted by molar-refractivity contribution is 6.42. The number of carboxylic acid groups (broad SMARTS) is 1. The molecule has 18 heavy (non-hydrogen) atoms. The van der Waals surface area contributed by atoms with Crippen molar-refractivity contribution in [3.8, 4) is 5.75 Å². The van der Waals surface area contributed by atoms with E-state index in [0.717, 1.165) is 0 Å². The van der Waals surface area contributed by atoms with Crippen molar-refractivity contribution in [3.05, 3.63) is 28.2 Å². The molecule has 0 bridgehead atoms. The summed E-state index contributed by atoms with van der Waals surface area (Å²) in [7, 11) is 0. The van der Waals surface area contributed by atoms with Crippen molar-refractivity contribution in [1.82, 2.24) is 5.32 Å². The van der Waals surface area contributed by atoms with E-state index in [1.54, 1.807) is 18.2 Å². The summed E-state index contributed by atoms with van der Waals surface area (Å²) in [6, 6.07) is 5.10. The van der Waals surface area contributed by atoms with Gasteiger partial charge in [-0.05, 0) is 19.1 Å². The first kappa shape index (κ1) is 15.1. The Labute approximate surface area is 116 Å². The Kier molecular flexibility index (Phi) is 6.25. The first-order chi connectivity index (χ1) is 8.49. The van der Waals surface area contributed by atoms with Crippen LogP contribution in [0.3, 0.4) is 0 Å². The second-order valence-corrected chi connectivity index (χ2v) is 4.70. The van der Waals surface area contributed by atoms with Crippen LogP contribution in [0.5, 0.6) is 5.75 Å². The van der Waals surface area contributed by atoms with Crippen molar-refractivity contribution in [2.24, 2.45) is 0 Å². The minimum absolute atomic E-state index is 0.0544. The van der Waals surface area contributed by atoms with Crippen LogP contribution in [0, 0.1) is 0 Å². The highest BCUT2D eigenvalue weighted by Crippen LogP contribution is 2.26. The predicted octanol–water partition coefficient (Wildman–Crippen LogP) is 2.83. The fourth-order valence-corrected chi connectivity index (χ4v) is 1.56. The van der Waals surface area contributed by atoms with E-state index in [2.05, 4.69) is 5.32 Å². The first-order valence-corrected chi connectivity index (χ1v) is 6.27. The van der Waals surface area contributed by atoms with Crippen molar-refractivity contribution in [3.63, 3.8) is 0 Å². The molecule has 0 radical (unpaired) electrons. The van der Waals surface area contributed by atoms with E-state index in [-0.39, 0.29) is 12.5 Å². The summed E-state index contributed by atoms with van der Waals surface area (Å²) in [4.78, 5) is 10.3. The summed E-state index contributed by atoms with van der Waals surface area (Å²) in [5.74, 6) is -0.184. The SMILES string of the molecule is CC(COc1ccc(Cl)c(Cl)c1)NCCC(=O)O. The zero-order valence-corrected chi connectivity index (χ0v) is 11.5. The summed E-state index contributed by atoms with van der Waals surface area (Å²) in [5, 5.41) is 12.5. The molecule has 1 rings (SSSR count). The molecule has 0 spiro atoms. The minimum atomic E-state index is -0.819. The molecule has 0 heterocycles. The van der Waals surface area contributed by atoms with Crippen molar-refractivity contribution in [2.75, 3.05) is 13.2 Å². The Morgan fingerprint density at radius 1 is 1.44 bits per heavy atom. The standard InChI is InChI=1S/C12H15Cl2NO3/c1-8(15-5-4-12(16)17)7-18-9-2-3-10(13)11(14)6-9/h2-3,6,8,15H,4-5,7H2,1H3,(H,16,17). The molecular weight excluding hydrogens is 277 g/mol. The van der Waals surface area contributed by atoms with Gasteiger partial charge in [0.2, 0.25) is 0 Å². The summed E-state index contributed by atoms with van der Waals surface area (Å²) >= 11 is 11.6. The number of hydrogen-bond donors (Lipinski definition) is 2. The van der Waals surface area contributed by atoms with Gasteiger partial charge < -0.3 is 15.2 Å². The number of hydrogen-bond acceptors (Lipinski definition) is 3. The van der Waals surface area contributed by atoms with E-state index in [1.807, 2.05) is 6.92 Å². The predicted molar refractivity (Wildman–Crippen MR) is 71.7 cm³/mol. The van der Waals surface area contributed by atoms with E-state index >= 15 is 0 Å². The average molecular weight is 292 g/mol. The van der Waals surface area contributed by atoms with Crippen LogP contribution >= 0.6 is 23.2 Å². The monoisotopic (exact) mass is 291 g/mol. The molecule has 0 saturated heterocycles. The van der Waals surface area contributed by atoms with Gasteiger partial charge in [-0.25, -0.2) is 0 Å². The number of halogens is 2. The van der Waals surface area contributed by atoms with Gasteiger partial charge in [-0.3, -0.25) is 4.79 Å². The average Bonchev–Trinajstić information content (AvgIpc) is 2.30. The lowest BCUT2D eigenvalue weighted by molar-refractivity contribution is -0.136. The lowest BCUT2D eigenvalue weighted by Gasteiger charge is -2.14. The van der Waals surface area contributed by atoms with E-state index in [1.165, 1.54) is 0 Å². The smallest absolute Gasteiger partial charge is 0.304 e. The Balaban J connectivity index is 2.31. The quantitative estimate of drug-likeness (QED) is 0.811. The van der Waals surface area contributed by atoms with E-state index in [9.17, 15) is 4.79 Å². The molecule has 2 N–H and O–H groups in total. The van der Waals surface area contributed by atoms with Gasteiger partial charge in [0.15, 0.2) is 0 Å². The molecule has 1 unspecified atom stereocenters. The first-order valence-electron chi connectivity index (χ1n) is 5.52. The number of ether oxygens (including phenoxy) is 1. The Morgan fingerprint density at radius 3 is 2.78 bits per heavy atom. The largest absolute Gasteiger partial charge is 0.492 e. The molecule has 0 aliphatic heterocycles. The number of benzene rings is 1. The molecular formula is C12H15Cl2NO3. The molecule has 6 heteroatoms. The van der Waals surface area contributed by atoms with E-state index < -0.39 is 5.97 Å².